The third-order valence-electron chi connectivity index (χ3n) is 6.31. The molecule has 1 aromatic heterocycles. The van der Waals surface area contributed by atoms with Gasteiger partial charge in [-0.25, -0.2) is 0 Å². The van der Waals surface area contributed by atoms with Gasteiger partial charge in [0.05, 0.1) is 11.9 Å². The van der Waals surface area contributed by atoms with Crippen molar-refractivity contribution in [3.05, 3.63) is 22.8 Å². The summed E-state index contributed by atoms with van der Waals surface area (Å²) in [4.78, 5) is 7.03. The van der Waals surface area contributed by atoms with Crippen LogP contribution in [0.5, 0.6) is 0 Å². The van der Waals surface area contributed by atoms with Gasteiger partial charge in [0.25, 0.3) is 0 Å². The Morgan fingerprint density at radius 3 is 2.77 bits per heavy atom. The van der Waals surface area contributed by atoms with E-state index in [0.29, 0.717) is 11.8 Å². The van der Waals surface area contributed by atoms with Crippen LogP contribution in [0.15, 0.2) is 22.6 Å². The van der Waals surface area contributed by atoms with Crippen LogP contribution >= 0.6 is 0 Å². The molecule has 0 aromatic carbocycles. The smallest absolute Gasteiger partial charge is 0.114 e. The third-order valence-corrected chi connectivity index (χ3v) is 6.31. The molecule has 22 heavy (non-hydrogen) atoms. The first kappa shape index (κ1) is 12.9. The summed E-state index contributed by atoms with van der Waals surface area (Å²) >= 11 is 0. The maximum absolute atomic E-state index is 4.56. The molecule has 1 aliphatic carbocycles. The van der Waals surface area contributed by atoms with E-state index < -0.39 is 0 Å². The fourth-order valence-corrected chi connectivity index (χ4v) is 5.20. The lowest BCUT2D eigenvalue weighted by Gasteiger charge is -2.49. The van der Waals surface area contributed by atoms with Crippen molar-refractivity contribution in [3.8, 4) is 0 Å². The summed E-state index contributed by atoms with van der Waals surface area (Å²) in [5.74, 6) is 2.82. The van der Waals surface area contributed by atoms with Crippen LogP contribution < -0.4 is 10.4 Å². The monoisotopic (exact) mass is 294 g/mol. The molecule has 4 heteroatoms. The molecule has 3 atom stereocenters. The van der Waals surface area contributed by atoms with Gasteiger partial charge in [0, 0.05) is 29.1 Å². The van der Waals surface area contributed by atoms with Crippen LogP contribution in [0.3, 0.4) is 0 Å². The largest absolute Gasteiger partial charge is 0.303 e. The Balaban J connectivity index is 1.63. The van der Waals surface area contributed by atoms with Gasteiger partial charge in [0.1, 0.15) is 5.69 Å². The van der Waals surface area contributed by atoms with Gasteiger partial charge in [-0.2, -0.15) is 5.11 Å². The molecule has 5 aliphatic rings. The molecule has 3 fully saturated rings. The normalized spacial score (nSPS) is 38.0. The van der Waals surface area contributed by atoms with Gasteiger partial charge in [-0.1, -0.05) is 13.0 Å². The summed E-state index contributed by atoms with van der Waals surface area (Å²) < 4.78 is 0. The minimum Gasteiger partial charge on any atom is -0.303 e. The average Bonchev–Trinajstić information content (AvgIpc) is 3.01. The topological polar surface area (TPSA) is 40.9 Å². The van der Waals surface area contributed by atoms with Gasteiger partial charge < -0.3 is 4.90 Å². The lowest BCUT2D eigenvalue weighted by atomic mass is 9.66. The third kappa shape index (κ3) is 1.70. The molecule has 0 N–H and O–H groups in total. The van der Waals surface area contributed by atoms with Gasteiger partial charge in [-0.15, -0.1) is 5.11 Å². The fraction of sp³-hybridized carbons (Fsp3) is 0.611. The van der Waals surface area contributed by atoms with E-state index >= 15 is 0 Å². The SMILES string of the molecule is CC[C@@H]1C2=c3c(cncc3=CC1C1CN3CCC1CC3)N=N2. The Labute approximate surface area is 130 Å². The summed E-state index contributed by atoms with van der Waals surface area (Å²) in [5.41, 5.74) is 2.20. The van der Waals surface area contributed by atoms with E-state index in [0.717, 1.165) is 23.9 Å². The van der Waals surface area contributed by atoms with Crippen LogP contribution in [0.1, 0.15) is 26.2 Å². The second-order valence-electron chi connectivity index (χ2n) is 7.27. The molecule has 5 heterocycles. The van der Waals surface area contributed by atoms with Gasteiger partial charge in [-0.3, -0.25) is 4.98 Å². The van der Waals surface area contributed by atoms with E-state index in [2.05, 4.69) is 33.1 Å². The van der Waals surface area contributed by atoms with E-state index in [-0.39, 0.29) is 0 Å². The van der Waals surface area contributed by atoms with E-state index in [1.165, 1.54) is 48.6 Å². The van der Waals surface area contributed by atoms with Crippen LogP contribution in [-0.2, 0) is 0 Å². The molecule has 114 valence electrons. The summed E-state index contributed by atoms with van der Waals surface area (Å²) in [5, 5.41) is 11.5. The Bertz CT molecular complexity index is 758. The maximum atomic E-state index is 4.56. The summed E-state index contributed by atoms with van der Waals surface area (Å²) in [6.07, 6.45) is 10.3. The van der Waals surface area contributed by atoms with E-state index in [1.807, 2.05) is 12.4 Å². The zero-order valence-corrected chi connectivity index (χ0v) is 13.1. The van der Waals surface area contributed by atoms with Crippen molar-refractivity contribution in [1.82, 2.24) is 9.88 Å². The zero-order valence-electron chi connectivity index (χ0n) is 13.1. The lowest BCUT2D eigenvalue weighted by molar-refractivity contribution is 0.0248. The van der Waals surface area contributed by atoms with Crippen molar-refractivity contribution in [2.45, 2.75) is 26.2 Å². The average molecular weight is 294 g/mol. The first-order valence-electron chi connectivity index (χ1n) is 8.69. The lowest BCUT2D eigenvalue weighted by Crippen LogP contribution is -2.52. The van der Waals surface area contributed by atoms with Crippen LogP contribution in [-0.4, -0.2) is 29.5 Å². The van der Waals surface area contributed by atoms with Gasteiger partial charge >= 0.3 is 0 Å². The molecule has 0 amide bonds. The van der Waals surface area contributed by atoms with Crippen LogP contribution in [0, 0.1) is 23.7 Å². The van der Waals surface area contributed by atoms with Crippen molar-refractivity contribution in [1.29, 1.82) is 0 Å². The van der Waals surface area contributed by atoms with Crippen molar-refractivity contribution < 1.29 is 0 Å². The number of hydrogen-bond acceptors (Lipinski definition) is 4. The Hall–Kier alpha value is -1.55. The number of nitrogens with zero attached hydrogens (tertiary/aromatic N) is 4. The molecule has 2 unspecified atom stereocenters. The molecule has 2 bridgehead atoms. The zero-order chi connectivity index (χ0) is 14.7. The molecule has 0 radical (unpaired) electrons. The number of azo groups is 1. The fourth-order valence-electron chi connectivity index (χ4n) is 5.20. The second-order valence-corrected chi connectivity index (χ2v) is 7.27. The molecule has 4 aliphatic heterocycles. The predicted octanol–water partition coefficient (Wildman–Crippen LogP) is 2.07. The standard InChI is InChI=1S/C18H22N4/c1-2-13-14(15-10-22-5-3-11(15)4-6-22)7-12-8-19-9-16-17(12)18(13)21-20-16/h7-9,11,13-15H,2-6,10H2,1H3/t13-,14?,15?/m0/s1. The highest BCUT2D eigenvalue weighted by atomic mass is 15.2. The molecular weight excluding hydrogens is 272 g/mol. The quantitative estimate of drug-likeness (QED) is 0.838. The summed E-state index contributed by atoms with van der Waals surface area (Å²) in [7, 11) is 0. The van der Waals surface area contributed by atoms with Crippen molar-refractivity contribution >= 4 is 17.5 Å². The van der Waals surface area contributed by atoms with E-state index in [4.69, 9.17) is 0 Å². The minimum absolute atomic E-state index is 0.533. The van der Waals surface area contributed by atoms with Crippen LogP contribution in [0.25, 0.3) is 11.8 Å². The molecule has 0 spiro atoms. The van der Waals surface area contributed by atoms with Gasteiger partial charge in [0.15, 0.2) is 0 Å². The number of rotatable bonds is 2. The molecule has 1 aromatic rings. The predicted molar refractivity (Wildman–Crippen MR) is 85.8 cm³/mol. The molecule has 6 rings (SSSR count). The first-order chi connectivity index (χ1) is 10.8. The van der Waals surface area contributed by atoms with Crippen LogP contribution in [0.4, 0.5) is 5.69 Å². The summed E-state index contributed by atoms with van der Waals surface area (Å²) in [6, 6.07) is 0. The highest BCUT2D eigenvalue weighted by Crippen LogP contribution is 2.44. The second kappa shape index (κ2) is 4.72. The van der Waals surface area contributed by atoms with E-state index in [1.54, 1.807) is 0 Å². The molecule has 3 saturated heterocycles. The number of hydrogen-bond donors (Lipinski definition) is 0. The van der Waals surface area contributed by atoms with Crippen molar-refractivity contribution in [2.24, 2.45) is 33.9 Å². The Kier molecular flexibility index (Phi) is 2.78. The summed E-state index contributed by atoms with van der Waals surface area (Å²) in [6.45, 7) is 6.20. The van der Waals surface area contributed by atoms with Gasteiger partial charge in [0.2, 0.25) is 0 Å². The molecule has 4 nitrogen and oxygen atoms in total. The first-order valence-corrected chi connectivity index (χ1v) is 8.69. The Morgan fingerprint density at radius 2 is 2.05 bits per heavy atom. The van der Waals surface area contributed by atoms with Crippen LogP contribution in [0.2, 0.25) is 0 Å². The maximum Gasteiger partial charge on any atom is 0.114 e. The number of fused-ring (bicyclic) bond motifs is 3. The highest BCUT2D eigenvalue weighted by molar-refractivity contribution is 5.63. The Morgan fingerprint density at radius 1 is 1.18 bits per heavy atom. The van der Waals surface area contributed by atoms with Crippen molar-refractivity contribution in [3.63, 3.8) is 0 Å². The number of aromatic nitrogens is 1. The number of piperidine rings is 3. The molecule has 0 saturated carbocycles. The van der Waals surface area contributed by atoms with E-state index in [9.17, 15) is 0 Å². The molecular formula is C18H22N4. The van der Waals surface area contributed by atoms with Gasteiger partial charge in [-0.05, 0) is 50.1 Å². The minimum atomic E-state index is 0.533. The number of pyridine rings is 1. The van der Waals surface area contributed by atoms with Crippen molar-refractivity contribution in [2.75, 3.05) is 19.6 Å². The highest BCUT2D eigenvalue weighted by Gasteiger charge is 2.42.